The predicted octanol–water partition coefficient (Wildman–Crippen LogP) is 1.51. The first-order valence-corrected chi connectivity index (χ1v) is 8.98. The van der Waals surface area contributed by atoms with Gasteiger partial charge in [-0.3, -0.25) is 9.69 Å². The summed E-state index contributed by atoms with van der Waals surface area (Å²) in [7, 11) is 3.13. The van der Waals surface area contributed by atoms with Gasteiger partial charge < -0.3 is 14.5 Å². The van der Waals surface area contributed by atoms with Gasteiger partial charge in [0.05, 0.1) is 17.9 Å². The molecule has 3 aliphatic rings. The maximum absolute atomic E-state index is 14.8. The van der Waals surface area contributed by atoms with Crippen LogP contribution in [0.4, 0.5) is 25.4 Å². The number of imide groups is 1. The Hall–Kier alpha value is -2.93. The van der Waals surface area contributed by atoms with Gasteiger partial charge in [0.1, 0.15) is 16.5 Å². The molecule has 0 radical (unpaired) electrons. The first kappa shape index (κ1) is 17.5. The predicted molar refractivity (Wildman–Crippen MR) is 97.0 cm³/mol. The molecule has 3 aliphatic heterocycles. The number of anilines is 2. The number of urea groups is 2. The molecule has 4 rings (SSSR count). The number of amides is 5. The van der Waals surface area contributed by atoms with Gasteiger partial charge in [-0.05, 0) is 6.07 Å². The first-order chi connectivity index (χ1) is 12.8. The Morgan fingerprint density at radius 3 is 2.41 bits per heavy atom. The topological polar surface area (TPSA) is 73.4 Å². The second kappa shape index (κ2) is 6.06. The summed E-state index contributed by atoms with van der Waals surface area (Å²) in [6.45, 7) is -0.302. The third-order valence-corrected chi connectivity index (χ3v) is 6.05. The molecule has 8 nitrogen and oxygen atoms in total. The van der Waals surface area contributed by atoms with Crippen molar-refractivity contribution in [2.45, 2.75) is 10.7 Å². The fourth-order valence-corrected chi connectivity index (χ4v) is 4.24. The van der Waals surface area contributed by atoms with Gasteiger partial charge in [-0.25, -0.2) is 18.9 Å². The lowest BCUT2D eigenvalue weighted by Crippen LogP contribution is -2.47. The van der Waals surface area contributed by atoms with Gasteiger partial charge in [-0.2, -0.15) is 0 Å². The summed E-state index contributed by atoms with van der Waals surface area (Å²) in [5, 5.41) is -0.333. The number of carbonyl (C=O) groups is 3. The molecule has 2 saturated heterocycles. The minimum atomic E-state index is -0.810. The molecule has 1 aromatic carbocycles. The standard InChI is InChI=1S/C17H15FN4O4S/c1-4-5-21-11-7-10(9(18)6-12(11)26-8-13(21)23)22-16(24)19(2)14-15(27-14)20(3)17(22)25/h1,6-7,14-15H,5,8H2,2-3H3. The van der Waals surface area contributed by atoms with E-state index >= 15 is 0 Å². The van der Waals surface area contributed by atoms with E-state index in [1.807, 2.05) is 0 Å². The van der Waals surface area contributed by atoms with Gasteiger partial charge in [-0.1, -0.05) is 5.92 Å². The van der Waals surface area contributed by atoms with Crippen LogP contribution >= 0.6 is 11.8 Å². The van der Waals surface area contributed by atoms with Crippen LogP contribution in [0.1, 0.15) is 0 Å². The van der Waals surface area contributed by atoms with Gasteiger partial charge in [-0.15, -0.1) is 18.2 Å². The molecule has 2 fully saturated rings. The number of hydrogen-bond donors (Lipinski definition) is 0. The van der Waals surface area contributed by atoms with Crippen LogP contribution in [0.15, 0.2) is 12.1 Å². The third-order valence-electron chi connectivity index (χ3n) is 4.66. The Balaban J connectivity index is 1.82. The zero-order valence-corrected chi connectivity index (χ0v) is 15.3. The molecule has 0 aliphatic carbocycles. The van der Waals surface area contributed by atoms with E-state index in [0.29, 0.717) is 0 Å². The normalized spacial score (nSPS) is 24.1. The number of ether oxygens (including phenoxy) is 1. The van der Waals surface area contributed by atoms with Crippen molar-refractivity contribution in [2.24, 2.45) is 0 Å². The van der Waals surface area contributed by atoms with Crippen molar-refractivity contribution in [3.05, 3.63) is 17.9 Å². The molecular formula is C17H15FN4O4S. The zero-order valence-electron chi connectivity index (χ0n) is 14.5. The fourth-order valence-electron chi connectivity index (χ4n) is 3.13. The minimum absolute atomic E-state index is 0.0389. The van der Waals surface area contributed by atoms with Crippen molar-refractivity contribution >= 4 is 41.1 Å². The van der Waals surface area contributed by atoms with Gasteiger partial charge in [0.15, 0.2) is 12.4 Å². The van der Waals surface area contributed by atoms with Gasteiger partial charge in [0.2, 0.25) is 0 Å². The molecule has 1 aromatic rings. The van der Waals surface area contributed by atoms with Crippen LogP contribution in [-0.2, 0) is 4.79 Å². The van der Waals surface area contributed by atoms with Crippen molar-refractivity contribution in [2.75, 3.05) is 37.0 Å². The lowest BCUT2D eigenvalue weighted by Gasteiger charge is -2.31. The highest BCUT2D eigenvalue weighted by Gasteiger charge is 2.54. The van der Waals surface area contributed by atoms with E-state index in [9.17, 15) is 18.8 Å². The summed E-state index contributed by atoms with van der Waals surface area (Å²) in [4.78, 5) is 42.6. The summed E-state index contributed by atoms with van der Waals surface area (Å²) in [6.07, 6.45) is 5.32. The third kappa shape index (κ3) is 2.57. The molecule has 3 heterocycles. The summed E-state index contributed by atoms with van der Waals surface area (Å²) in [6, 6.07) is 1.02. The first-order valence-electron chi connectivity index (χ1n) is 8.04. The van der Waals surface area contributed by atoms with Crippen molar-refractivity contribution in [1.82, 2.24) is 9.80 Å². The van der Waals surface area contributed by atoms with E-state index in [1.165, 1.54) is 32.5 Å². The number of thioether (sulfide) groups is 1. The van der Waals surface area contributed by atoms with E-state index in [0.717, 1.165) is 11.0 Å². The Morgan fingerprint density at radius 2 is 1.81 bits per heavy atom. The minimum Gasteiger partial charge on any atom is -0.481 e. The number of nitrogens with zero attached hydrogens (tertiary/aromatic N) is 4. The van der Waals surface area contributed by atoms with Gasteiger partial charge in [0, 0.05) is 20.2 Å². The molecule has 0 aromatic heterocycles. The van der Waals surface area contributed by atoms with Gasteiger partial charge >= 0.3 is 12.1 Å². The molecule has 0 spiro atoms. The Kier molecular flexibility index (Phi) is 3.92. The lowest BCUT2D eigenvalue weighted by molar-refractivity contribution is -0.121. The van der Waals surface area contributed by atoms with Crippen molar-refractivity contribution < 1.29 is 23.5 Å². The fraction of sp³-hybridized carbons (Fsp3) is 0.353. The SMILES string of the molecule is C#CCN1C(=O)COc2cc(F)c(N3C(=O)N(C)C4SC4N(C)C3=O)cc21. The van der Waals surface area contributed by atoms with Crippen molar-refractivity contribution in [3.8, 4) is 18.1 Å². The molecule has 2 atom stereocenters. The van der Waals surface area contributed by atoms with Crippen LogP contribution in [0, 0.1) is 18.2 Å². The van der Waals surface area contributed by atoms with E-state index in [1.54, 1.807) is 14.1 Å². The Morgan fingerprint density at radius 1 is 1.19 bits per heavy atom. The lowest BCUT2D eigenvalue weighted by atomic mass is 10.2. The molecule has 0 saturated carbocycles. The van der Waals surface area contributed by atoms with E-state index in [-0.39, 0.29) is 41.0 Å². The summed E-state index contributed by atoms with van der Waals surface area (Å²) < 4.78 is 20.1. The maximum Gasteiger partial charge on any atom is 0.333 e. The molecule has 2 unspecified atom stereocenters. The smallest absolute Gasteiger partial charge is 0.333 e. The maximum atomic E-state index is 14.8. The van der Waals surface area contributed by atoms with E-state index < -0.39 is 23.8 Å². The molecule has 0 bridgehead atoms. The quantitative estimate of drug-likeness (QED) is 0.565. The Bertz CT molecular complexity index is 891. The largest absolute Gasteiger partial charge is 0.481 e. The van der Waals surface area contributed by atoms with Crippen LogP contribution in [0.5, 0.6) is 5.75 Å². The average Bonchev–Trinajstić information content (AvgIpc) is 3.44. The highest BCUT2D eigenvalue weighted by molar-refractivity contribution is 8.07. The zero-order chi connectivity index (χ0) is 19.5. The molecule has 0 N–H and O–H groups in total. The second-order valence-electron chi connectivity index (χ2n) is 6.28. The number of hydrogen-bond acceptors (Lipinski definition) is 5. The van der Waals surface area contributed by atoms with Crippen LogP contribution in [-0.4, -0.2) is 65.8 Å². The average molecular weight is 390 g/mol. The highest BCUT2D eigenvalue weighted by Crippen LogP contribution is 2.48. The monoisotopic (exact) mass is 390 g/mol. The number of rotatable bonds is 2. The van der Waals surface area contributed by atoms with E-state index in [2.05, 4.69) is 5.92 Å². The number of likely N-dealkylation sites (N-methyl/N-ethyl adjacent to an activating group) is 2. The summed E-state index contributed by atoms with van der Waals surface area (Å²) in [5.74, 6) is 1.29. The van der Waals surface area contributed by atoms with Crippen LogP contribution in [0.2, 0.25) is 0 Å². The van der Waals surface area contributed by atoms with Crippen LogP contribution < -0.4 is 14.5 Å². The summed E-state index contributed by atoms with van der Waals surface area (Å²) in [5.41, 5.74) is -0.0376. The molecular weight excluding hydrogens is 375 g/mol. The van der Waals surface area contributed by atoms with Crippen LogP contribution in [0.3, 0.4) is 0 Å². The summed E-state index contributed by atoms with van der Waals surface area (Å²) >= 11 is 1.46. The molecule has 27 heavy (non-hydrogen) atoms. The molecule has 140 valence electrons. The highest BCUT2D eigenvalue weighted by atomic mass is 32.2. The van der Waals surface area contributed by atoms with Crippen LogP contribution in [0.25, 0.3) is 0 Å². The molecule has 10 heteroatoms. The van der Waals surface area contributed by atoms with E-state index in [4.69, 9.17) is 11.2 Å². The number of benzene rings is 1. The number of halogens is 1. The Labute approximate surface area is 158 Å². The number of fused-ring (bicyclic) bond motifs is 2. The molecule has 5 amide bonds. The number of carbonyl (C=O) groups excluding carboxylic acids is 3. The second-order valence-corrected chi connectivity index (χ2v) is 7.52. The van der Waals surface area contributed by atoms with Crippen molar-refractivity contribution in [3.63, 3.8) is 0 Å². The van der Waals surface area contributed by atoms with Crippen molar-refractivity contribution in [1.29, 1.82) is 0 Å². The number of terminal acetylenes is 1. The van der Waals surface area contributed by atoms with Gasteiger partial charge in [0.25, 0.3) is 5.91 Å².